The lowest BCUT2D eigenvalue weighted by atomic mass is 10.0. The Kier molecular flexibility index (Phi) is 3.66. The van der Waals surface area contributed by atoms with Crippen LogP contribution in [0.25, 0.3) is 0 Å². The first-order valence-electron chi connectivity index (χ1n) is 4.76. The minimum Gasteiger partial charge on any atom is -0.505 e. The zero-order valence-electron chi connectivity index (χ0n) is 8.46. The summed E-state index contributed by atoms with van der Waals surface area (Å²) in [6.07, 6.45) is 0.684. The van der Waals surface area contributed by atoms with Gasteiger partial charge in [-0.1, -0.05) is 13.0 Å². The van der Waals surface area contributed by atoms with Crippen molar-refractivity contribution in [1.82, 2.24) is 0 Å². The number of carbonyl (C=O) groups is 1. The summed E-state index contributed by atoms with van der Waals surface area (Å²) in [4.78, 5) is 10.3. The topological polar surface area (TPSA) is 57.5 Å². The number of rotatable bonds is 4. The fourth-order valence-corrected chi connectivity index (χ4v) is 1.35. The molecule has 0 bridgehead atoms. The monoisotopic (exact) mass is 212 g/mol. The summed E-state index contributed by atoms with van der Waals surface area (Å²) in [5, 5.41) is 17.8. The maximum Gasteiger partial charge on any atom is 0.303 e. The second-order valence-electron chi connectivity index (χ2n) is 3.33. The quantitative estimate of drug-likeness (QED) is 0.803. The fourth-order valence-electron chi connectivity index (χ4n) is 1.35. The van der Waals surface area contributed by atoms with Crippen LogP contribution in [0.1, 0.15) is 24.5 Å². The molecule has 0 unspecified atom stereocenters. The number of aliphatic carboxylic acids is 1. The third kappa shape index (κ3) is 2.94. The number of benzene rings is 1. The van der Waals surface area contributed by atoms with Crippen molar-refractivity contribution in [3.05, 3.63) is 29.1 Å². The van der Waals surface area contributed by atoms with Gasteiger partial charge < -0.3 is 10.2 Å². The molecule has 0 fully saturated rings. The van der Waals surface area contributed by atoms with Gasteiger partial charge in [0.15, 0.2) is 11.6 Å². The Hall–Kier alpha value is -1.58. The van der Waals surface area contributed by atoms with Gasteiger partial charge in [-0.05, 0) is 30.0 Å². The van der Waals surface area contributed by atoms with Crippen molar-refractivity contribution in [3.8, 4) is 5.75 Å². The lowest BCUT2D eigenvalue weighted by Gasteiger charge is -2.06. The second-order valence-corrected chi connectivity index (χ2v) is 3.33. The number of hydrogen-bond donors (Lipinski definition) is 2. The standard InChI is InChI=1S/C11H13FO3/c1-2-7-5-8(3-4-10(13)14)11(15)9(12)6-7/h5-6,15H,2-4H2,1H3,(H,13,14). The number of hydrogen-bond acceptors (Lipinski definition) is 2. The van der Waals surface area contributed by atoms with E-state index in [1.54, 1.807) is 6.07 Å². The number of carboxylic acid groups (broad SMARTS) is 1. The van der Waals surface area contributed by atoms with Crippen LogP contribution in [-0.4, -0.2) is 16.2 Å². The molecule has 0 radical (unpaired) electrons. The Labute approximate surface area is 87.2 Å². The van der Waals surface area contributed by atoms with E-state index in [1.807, 2.05) is 6.92 Å². The van der Waals surface area contributed by atoms with E-state index in [1.165, 1.54) is 6.07 Å². The zero-order chi connectivity index (χ0) is 11.4. The predicted molar refractivity (Wildman–Crippen MR) is 53.4 cm³/mol. The molecule has 0 aromatic heterocycles. The summed E-state index contributed by atoms with van der Waals surface area (Å²) in [5.41, 5.74) is 1.11. The van der Waals surface area contributed by atoms with E-state index < -0.39 is 17.5 Å². The highest BCUT2D eigenvalue weighted by atomic mass is 19.1. The minimum absolute atomic E-state index is 0.111. The average Bonchev–Trinajstić information content (AvgIpc) is 2.19. The van der Waals surface area contributed by atoms with Gasteiger partial charge in [0.1, 0.15) is 0 Å². The van der Waals surface area contributed by atoms with Crippen LogP contribution in [0, 0.1) is 5.82 Å². The molecule has 0 saturated carbocycles. The second kappa shape index (κ2) is 4.77. The molecule has 15 heavy (non-hydrogen) atoms. The molecule has 1 aromatic carbocycles. The summed E-state index contributed by atoms with van der Waals surface area (Å²) >= 11 is 0. The van der Waals surface area contributed by atoms with Crippen LogP contribution < -0.4 is 0 Å². The molecule has 0 heterocycles. The highest BCUT2D eigenvalue weighted by Gasteiger charge is 2.10. The van der Waals surface area contributed by atoms with Crippen molar-refractivity contribution in [3.63, 3.8) is 0 Å². The molecule has 0 amide bonds. The first kappa shape index (κ1) is 11.5. The van der Waals surface area contributed by atoms with E-state index >= 15 is 0 Å². The number of phenolic OH excluding ortho intramolecular Hbond substituents is 1. The summed E-state index contributed by atoms with van der Waals surface area (Å²) in [7, 11) is 0. The number of carboxylic acids is 1. The van der Waals surface area contributed by atoms with Crippen molar-refractivity contribution in [2.75, 3.05) is 0 Å². The van der Waals surface area contributed by atoms with Crippen molar-refractivity contribution < 1.29 is 19.4 Å². The lowest BCUT2D eigenvalue weighted by molar-refractivity contribution is -0.136. The van der Waals surface area contributed by atoms with Crippen molar-refractivity contribution in [2.45, 2.75) is 26.2 Å². The molecule has 2 N–H and O–H groups in total. The zero-order valence-corrected chi connectivity index (χ0v) is 8.46. The number of aryl methyl sites for hydroxylation is 2. The van der Waals surface area contributed by atoms with E-state index in [4.69, 9.17) is 5.11 Å². The lowest BCUT2D eigenvalue weighted by Crippen LogP contribution is -1.99. The van der Waals surface area contributed by atoms with E-state index in [2.05, 4.69) is 0 Å². The smallest absolute Gasteiger partial charge is 0.303 e. The maximum atomic E-state index is 13.2. The third-order valence-electron chi connectivity index (χ3n) is 2.22. The van der Waals surface area contributed by atoms with E-state index in [-0.39, 0.29) is 12.8 Å². The van der Waals surface area contributed by atoms with E-state index in [0.29, 0.717) is 12.0 Å². The molecule has 1 rings (SSSR count). The summed E-state index contributed by atoms with van der Waals surface area (Å²) in [6.45, 7) is 1.87. The molecule has 4 heteroatoms. The largest absolute Gasteiger partial charge is 0.505 e. The highest BCUT2D eigenvalue weighted by molar-refractivity contribution is 5.67. The molecule has 0 atom stereocenters. The van der Waals surface area contributed by atoms with Gasteiger partial charge in [0, 0.05) is 6.42 Å². The maximum absolute atomic E-state index is 13.2. The van der Waals surface area contributed by atoms with Gasteiger partial charge in [-0.15, -0.1) is 0 Å². The summed E-state index contributed by atoms with van der Waals surface area (Å²) in [5.74, 6) is -2.08. The van der Waals surface area contributed by atoms with Gasteiger partial charge in [-0.3, -0.25) is 4.79 Å². The van der Waals surface area contributed by atoms with Crippen LogP contribution in [0.15, 0.2) is 12.1 Å². The molecule has 0 spiro atoms. The Morgan fingerprint density at radius 3 is 2.67 bits per heavy atom. The summed E-state index contributed by atoms with van der Waals surface area (Å²) in [6, 6.07) is 2.90. The number of aromatic hydroxyl groups is 1. The van der Waals surface area contributed by atoms with Gasteiger partial charge in [-0.2, -0.15) is 0 Å². The Morgan fingerprint density at radius 1 is 1.47 bits per heavy atom. The normalized spacial score (nSPS) is 10.3. The van der Waals surface area contributed by atoms with Crippen molar-refractivity contribution in [1.29, 1.82) is 0 Å². The van der Waals surface area contributed by atoms with Gasteiger partial charge >= 0.3 is 5.97 Å². The summed E-state index contributed by atoms with van der Waals surface area (Å²) < 4.78 is 13.2. The van der Waals surface area contributed by atoms with Gasteiger partial charge in [0.05, 0.1) is 0 Å². The third-order valence-corrected chi connectivity index (χ3v) is 2.22. The first-order chi connectivity index (χ1) is 7.04. The molecule has 0 saturated heterocycles. The van der Waals surface area contributed by atoms with Crippen LogP contribution in [0.4, 0.5) is 4.39 Å². The van der Waals surface area contributed by atoms with Crippen molar-refractivity contribution >= 4 is 5.97 Å². The molecule has 0 aliphatic rings. The minimum atomic E-state index is -0.961. The number of halogens is 1. The molecular formula is C11H13FO3. The van der Waals surface area contributed by atoms with Crippen LogP contribution in [0.3, 0.4) is 0 Å². The molecule has 0 aliphatic carbocycles. The first-order valence-corrected chi connectivity index (χ1v) is 4.76. The van der Waals surface area contributed by atoms with E-state index in [0.717, 1.165) is 5.56 Å². The van der Waals surface area contributed by atoms with Gasteiger partial charge in [-0.25, -0.2) is 4.39 Å². The Morgan fingerprint density at radius 2 is 2.13 bits per heavy atom. The van der Waals surface area contributed by atoms with Crippen molar-refractivity contribution in [2.24, 2.45) is 0 Å². The van der Waals surface area contributed by atoms with E-state index in [9.17, 15) is 14.3 Å². The molecule has 82 valence electrons. The van der Waals surface area contributed by atoms with Crippen LogP contribution in [0.5, 0.6) is 5.75 Å². The van der Waals surface area contributed by atoms with Gasteiger partial charge in [0.25, 0.3) is 0 Å². The molecular weight excluding hydrogens is 199 g/mol. The highest BCUT2D eigenvalue weighted by Crippen LogP contribution is 2.24. The van der Waals surface area contributed by atoms with Crippen LogP contribution >= 0.6 is 0 Å². The molecule has 0 aliphatic heterocycles. The Bertz CT molecular complexity index is 374. The van der Waals surface area contributed by atoms with Crippen LogP contribution in [-0.2, 0) is 17.6 Å². The fraction of sp³-hybridized carbons (Fsp3) is 0.364. The SMILES string of the molecule is CCc1cc(F)c(O)c(CCC(=O)O)c1. The molecule has 3 nitrogen and oxygen atoms in total. The predicted octanol–water partition coefficient (Wildman–Crippen LogP) is 2.11. The average molecular weight is 212 g/mol. The number of phenols is 1. The van der Waals surface area contributed by atoms with Gasteiger partial charge in [0.2, 0.25) is 0 Å². The van der Waals surface area contributed by atoms with Crippen LogP contribution in [0.2, 0.25) is 0 Å². The molecule has 1 aromatic rings. The Balaban J connectivity index is 2.94.